The summed E-state index contributed by atoms with van der Waals surface area (Å²) >= 11 is 7.38. The molecule has 2 aromatic rings. The molecule has 2 N–H and O–H groups in total. The zero-order chi connectivity index (χ0) is 14.5. The molecule has 0 aliphatic rings. The first-order valence-electron chi connectivity index (χ1n) is 5.97. The third-order valence-electron chi connectivity index (χ3n) is 2.49. The van der Waals surface area contributed by atoms with Crippen LogP contribution in [-0.4, -0.2) is 17.6 Å². The number of esters is 1. The summed E-state index contributed by atoms with van der Waals surface area (Å²) in [5.41, 5.74) is 6.74. The molecule has 0 unspecified atom stereocenters. The molecule has 0 radical (unpaired) electrons. The summed E-state index contributed by atoms with van der Waals surface area (Å²) in [5.74, 6) is -0.431. The molecule has 0 aliphatic heterocycles. The highest BCUT2D eigenvalue weighted by Crippen LogP contribution is 2.36. The van der Waals surface area contributed by atoms with Gasteiger partial charge in [-0.15, -0.1) is 0 Å². The van der Waals surface area contributed by atoms with E-state index in [9.17, 15) is 4.79 Å². The fourth-order valence-electron chi connectivity index (χ4n) is 1.57. The number of hydrogen-bond donors (Lipinski definition) is 1. The number of carbonyl (C=O) groups is 1. The number of pyridine rings is 1. The van der Waals surface area contributed by atoms with Crippen LogP contribution in [0, 0.1) is 0 Å². The number of ether oxygens (including phenoxy) is 1. The second kappa shape index (κ2) is 6.63. The van der Waals surface area contributed by atoms with Crippen molar-refractivity contribution in [3.63, 3.8) is 0 Å². The topological polar surface area (TPSA) is 65.2 Å². The SMILES string of the molecule is CCOC(=O)c1cccc(Sc2ncccc2Cl)c1N. The van der Waals surface area contributed by atoms with Crippen molar-refractivity contribution in [2.24, 2.45) is 0 Å². The Balaban J connectivity index is 2.32. The highest BCUT2D eigenvalue weighted by Gasteiger charge is 2.15. The van der Waals surface area contributed by atoms with Crippen molar-refractivity contribution in [2.45, 2.75) is 16.8 Å². The van der Waals surface area contributed by atoms with Gasteiger partial charge in [-0.05, 0) is 31.2 Å². The summed E-state index contributed by atoms with van der Waals surface area (Å²) in [7, 11) is 0. The lowest BCUT2D eigenvalue weighted by atomic mass is 10.2. The van der Waals surface area contributed by atoms with Gasteiger partial charge < -0.3 is 10.5 Å². The number of hydrogen-bond acceptors (Lipinski definition) is 5. The molecule has 104 valence electrons. The van der Waals surface area contributed by atoms with Gasteiger partial charge in [-0.1, -0.05) is 29.4 Å². The van der Waals surface area contributed by atoms with E-state index in [-0.39, 0.29) is 0 Å². The Morgan fingerprint density at radius 3 is 2.90 bits per heavy atom. The Morgan fingerprint density at radius 2 is 2.20 bits per heavy atom. The van der Waals surface area contributed by atoms with E-state index in [1.54, 1.807) is 37.4 Å². The number of aromatic nitrogens is 1. The maximum Gasteiger partial charge on any atom is 0.340 e. The molecule has 2 rings (SSSR count). The maximum absolute atomic E-state index is 11.8. The molecule has 0 bridgehead atoms. The lowest BCUT2D eigenvalue weighted by Gasteiger charge is -2.10. The van der Waals surface area contributed by atoms with Gasteiger partial charge in [0, 0.05) is 11.1 Å². The van der Waals surface area contributed by atoms with Gasteiger partial charge in [-0.2, -0.15) is 0 Å². The fraction of sp³-hybridized carbons (Fsp3) is 0.143. The molecule has 4 nitrogen and oxygen atoms in total. The molecule has 0 saturated carbocycles. The zero-order valence-corrected chi connectivity index (χ0v) is 12.4. The Hall–Kier alpha value is -1.72. The summed E-state index contributed by atoms with van der Waals surface area (Å²) in [6.45, 7) is 2.06. The molecular formula is C14H13ClN2O2S. The van der Waals surface area contributed by atoms with Crippen molar-refractivity contribution in [3.8, 4) is 0 Å². The van der Waals surface area contributed by atoms with Crippen LogP contribution >= 0.6 is 23.4 Å². The van der Waals surface area contributed by atoms with Gasteiger partial charge in [0.1, 0.15) is 5.03 Å². The predicted molar refractivity (Wildman–Crippen MR) is 80.2 cm³/mol. The van der Waals surface area contributed by atoms with Crippen LogP contribution in [0.15, 0.2) is 46.5 Å². The first kappa shape index (κ1) is 14.7. The molecule has 1 aromatic carbocycles. The largest absolute Gasteiger partial charge is 0.462 e. The molecule has 0 amide bonds. The molecule has 1 aromatic heterocycles. The molecule has 6 heteroatoms. The van der Waals surface area contributed by atoms with Gasteiger partial charge in [0.15, 0.2) is 0 Å². The van der Waals surface area contributed by atoms with Crippen molar-refractivity contribution in [1.29, 1.82) is 0 Å². The number of nitrogens with zero attached hydrogens (tertiary/aromatic N) is 1. The summed E-state index contributed by atoms with van der Waals surface area (Å²) in [4.78, 5) is 16.7. The van der Waals surface area contributed by atoms with E-state index in [1.807, 2.05) is 6.07 Å². The van der Waals surface area contributed by atoms with Crippen LogP contribution in [0.2, 0.25) is 5.02 Å². The Kier molecular flexibility index (Phi) is 4.87. The molecule has 20 heavy (non-hydrogen) atoms. The summed E-state index contributed by atoms with van der Waals surface area (Å²) in [5, 5.41) is 1.18. The second-order valence-electron chi connectivity index (χ2n) is 3.83. The fourth-order valence-corrected chi connectivity index (χ4v) is 2.66. The highest BCUT2D eigenvalue weighted by atomic mass is 35.5. The van der Waals surface area contributed by atoms with E-state index in [4.69, 9.17) is 22.1 Å². The standard InChI is InChI=1S/C14H13ClN2O2S/c1-2-19-14(18)9-5-3-7-11(12(9)16)20-13-10(15)6-4-8-17-13/h3-8H,2,16H2,1H3. The molecular weight excluding hydrogens is 296 g/mol. The number of nitrogen functional groups attached to an aromatic ring is 1. The van der Waals surface area contributed by atoms with Crippen molar-refractivity contribution < 1.29 is 9.53 Å². The lowest BCUT2D eigenvalue weighted by Crippen LogP contribution is -2.08. The number of benzene rings is 1. The van der Waals surface area contributed by atoms with Gasteiger partial charge >= 0.3 is 5.97 Å². The predicted octanol–water partition coefficient (Wildman–Crippen LogP) is 3.65. The van der Waals surface area contributed by atoms with E-state index in [2.05, 4.69) is 4.98 Å². The Bertz CT molecular complexity index is 634. The summed E-state index contributed by atoms with van der Waals surface area (Å²) < 4.78 is 4.97. The summed E-state index contributed by atoms with van der Waals surface area (Å²) in [6, 6.07) is 8.71. The van der Waals surface area contributed by atoms with Crippen LogP contribution in [0.1, 0.15) is 17.3 Å². The molecule has 0 saturated heterocycles. The van der Waals surface area contributed by atoms with E-state index in [0.29, 0.717) is 27.9 Å². The number of anilines is 1. The number of halogens is 1. The quantitative estimate of drug-likeness (QED) is 0.690. The number of para-hydroxylation sites is 1. The van der Waals surface area contributed by atoms with E-state index in [0.717, 1.165) is 4.90 Å². The number of rotatable bonds is 4. The van der Waals surface area contributed by atoms with E-state index >= 15 is 0 Å². The third kappa shape index (κ3) is 3.23. The number of nitrogens with two attached hydrogens (primary N) is 1. The van der Waals surface area contributed by atoms with Gasteiger partial charge in [0.05, 0.1) is 22.9 Å². The Morgan fingerprint density at radius 1 is 1.40 bits per heavy atom. The van der Waals surface area contributed by atoms with Crippen LogP contribution in [0.25, 0.3) is 0 Å². The van der Waals surface area contributed by atoms with Crippen LogP contribution < -0.4 is 5.73 Å². The van der Waals surface area contributed by atoms with E-state index < -0.39 is 5.97 Å². The average Bonchev–Trinajstić information content (AvgIpc) is 2.43. The number of carbonyl (C=O) groups excluding carboxylic acids is 1. The smallest absolute Gasteiger partial charge is 0.340 e. The molecule has 0 atom stereocenters. The monoisotopic (exact) mass is 308 g/mol. The lowest BCUT2D eigenvalue weighted by molar-refractivity contribution is 0.0527. The average molecular weight is 309 g/mol. The second-order valence-corrected chi connectivity index (χ2v) is 5.27. The minimum Gasteiger partial charge on any atom is -0.462 e. The summed E-state index contributed by atoms with van der Waals surface area (Å²) in [6.07, 6.45) is 1.65. The third-order valence-corrected chi connectivity index (χ3v) is 4.00. The van der Waals surface area contributed by atoms with Crippen LogP contribution in [0.4, 0.5) is 5.69 Å². The molecule has 1 heterocycles. The Labute approximate surface area is 126 Å². The maximum atomic E-state index is 11.8. The van der Waals surface area contributed by atoms with Crippen molar-refractivity contribution in [3.05, 3.63) is 47.1 Å². The first-order valence-corrected chi connectivity index (χ1v) is 7.17. The highest BCUT2D eigenvalue weighted by molar-refractivity contribution is 7.99. The van der Waals surface area contributed by atoms with Crippen molar-refractivity contribution in [2.75, 3.05) is 12.3 Å². The van der Waals surface area contributed by atoms with Crippen LogP contribution in [0.5, 0.6) is 0 Å². The van der Waals surface area contributed by atoms with Gasteiger partial charge in [0.25, 0.3) is 0 Å². The van der Waals surface area contributed by atoms with Crippen LogP contribution in [0.3, 0.4) is 0 Å². The molecule has 0 fully saturated rings. The molecule has 0 spiro atoms. The molecule has 0 aliphatic carbocycles. The van der Waals surface area contributed by atoms with Gasteiger partial charge in [0.2, 0.25) is 0 Å². The van der Waals surface area contributed by atoms with Crippen molar-refractivity contribution >= 4 is 35.0 Å². The first-order chi connectivity index (χ1) is 9.63. The zero-order valence-electron chi connectivity index (χ0n) is 10.8. The van der Waals surface area contributed by atoms with E-state index in [1.165, 1.54) is 11.8 Å². The van der Waals surface area contributed by atoms with Gasteiger partial charge in [-0.25, -0.2) is 9.78 Å². The minimum atomic E-state index is -0.431. The van der Waals surface area contributed by atoms with Gasteiger partial charge in [-0.3, -0.25) is 0 Å². The van der Waals surface area contributed by atoms with Crippen molar-refractivity contribution in [1.82, 2.24) is 4.98 Å². The normalized spacial score (nSPS) is 10.3. The van der Waals surface area contributed by atoms with Crippen LogP contribution in [-0.2, 0) is 4.74 Å². The minimum absolute atomic E-state index is 0.307.